The molecule has 2 heterocycles. The van der Waals surface area contributed by atoms with Gasteiger partial charge < -0.3 is 5.32 Å². The van der Waals surface area contributed by atoms with Crippen LogP contribution in [0.5, 0.6) is 0 Å². The van der Waals surface area contributed by atoms with E-state index in [0.717, 1.165) is 27.4 Å². The van der Waals surface area contributed by atoms with E-state index in [-0.39, 0.29) is 16.7 Å². The molecule has 1 amide bonds. The summed E-state index contributed by atoms with van der Waals surface area (Å²) in [6.45, 7) is 0.505. The van der Waals surface area contributed by atoms with E-state index in [2.05, 4.69) is 10.4 Å². The highest BCUT2D eigenvalue weighted by atomic mass is 19.4. The third-order valence-corrected chi connectivity index (χ3v) is 4.36. The van der Waals surface area contributed by atoms with E-state index in [1.165, 1.54) is 20.0 Å². The molecule has 1 N–H and O–H groups in total. The first kappa shape index (κ1) is 21.4. The van der Waals surface area contributed by atoms with Gasteiger partial charge in [-0.05, 0) is 19.1 Å². The minimum absolute atomic E-state index is 0.0172. The number of nitrogens with zero attached hydrogens (tertiary/aromatic N) is 3. The summed E-state index contributed by atoms with van der Waals surface area (Å²) < 4.78 is 81.1. The van der Waals surface area contributed by atoms with Crippen LogP contribution in [0.1, 0.15) is 16.8 Å². The molecule has 0 aliphatic heterocycles. The van der Waals surface area contributed by atoms with Crippen LogP contribution in [0.4, 0.5) is 32.0 Å². The fourth-order valence-corrected chi connectivity index (χ4v) is 3.20. The first-order valence-corrected chi connectivity index (χ1v) is 8.41. The zero-order valence-corrected chi connectivity index (χ0v) is 15.5. The number of benzene rings is 1. The highest BCUT2D eigenvalue weighted by Gasteiger charge is 2.36. The molecular formula is C18H14F6N4O2. The van der Waals surface area contributed by atoms with Gasteiger partial charge in [-0.2, -0.15) is 31.4 Å². The Morgan fingerprint density at radius 3 is 2.27 bits per heavy atom. The number of para-hydroxylation sites is 1. The van der Waals surface area contributed by atoms with Crippen molar-refractivity contribution in [2.75, 3.05) is 5.32 Å². The number of anilines is 1. The Morgan fingerprint density at radius 1 is 1.07 bits per heavy atom. The SMILES string of the molecule is Cc1nn(C)c2c1c(C(F)(F)F)cc(=O)n2CC(=O)Nc1ccccc1C(F)(F)F. The van der Waals surface area contributed by atoms with E-state index in [9.17, 15) is 35.9 Å². The van der Waals surface area contributed by atoms with E-state index in [1.54, 1.807) is 0 Å². The molecule has 0 saturated carbocycles. The van der Waals surface area contributed by atoms with Crippen LogP contribution in [0.25, 0.3) is 11.0 Å². The minimum Gasteiger partial charge on any atom is -0.324 e. The molecule has 0 atom stereocenters. The highest BCUT2D eigenvalue weighted by molar-refractivity contribution is 5.93. The average molecular weight is 432 g/mol. The first-order chi connectivity index (χ1) is 13.8. The lowest BCUT2D eigenvalue weighted by atomic mass is 10.1. The van der Waals surface area contributed by atoms with Crippen molar-refractivity contribution in [2.24, 2.45) is 7.05 Å². The van der Waals surface area contributed by atoms with Crippen molar-refractivity contribution in [3.05, 3.63) is 57.5 Å². The van der Waals surface area contributed by atoms with Gasteiger partial charge in [0.15, 0.2) is 0 Å². The Bertz CT molecular complexity index is 1190. The maximum Gasteiger partial charge on any atom is 0.418 e. The summed E-state index contributed by atoms with van der Waals surface area (Å²) in [5.41, 5.74) is -4.26. The van der Waals surface area contributed by atoms with Crippen molar-refractivity contribution in [1.82, 2.24) is 14.3 Å². The third-order valence-electron chi connectivity index (χ3n) is 4.36. The van der Waals surface area contributed by atoms with Crippen LogP contribution in [0.15, 0.2) is 35.1 Å². The molecule has 2 aromatic heterocycles. The van der Waals surface area contributed by atoms with E-state index < -0.39 is 47.2 Å². The van der Waals surface area contributed by atoms with Crippen molar-refractivity contribution in [2.45, 2.75) is 25.8 Å². The Morgan fingerprint density at radius 2 is 1.67 bits per heavy atom. The highest BCUT2D eigenvalue weighted by Crippen LogP contribution is 2.36. The van der Waals surface area contributed by atoms with Crippen LogP contribution in [-0.4, -0.2) is 20.3 Å². The summed E-state index contributed by atoms with van der Waals surface area (Å²) in [7, 11) is 1.29. The molecule has 3 rings (SSSR count). The minimum atomic E-state index is -4.84. The van der Waals surface area contributed by atoms with Crippen molar-refractivity contribution in [1.29, 1.82) is 0 Å². The second-order valence-corrected chi connectivity index (χ2v) is 6.48. The normalized spacial score (nSPS) is 12.4. The number of carbonyl (C=O) groups is 1. The maximum absolute atomic E-state index is 13.4. The second-order valence-electron chi connectivity index (χ2n) is 6.48. The largest absolute Gasteiger partial charge is 0.418 e. The molecule has 0 aliphatic rings. The Labute approximate surface area is 164 Å². The number of nitrogens with one attached hydrogen (secondary N) is 1. The summed E-state index contributed by atoms with van der Waals surface area (Å²) in [5.74, 6) is -1.02. The van der Waals surface area contributed by atoms with Crippen LogP contribution in [0.2, 0.25) is 0 Å². The summed E-state index contributed by atoms with van der Waals surface area (Å²) in [6.07, 6.45) is -9.57. The van der Waals surface area contributed by atoms with Crippen LogP contribution in [0, 0.1) is 6.92 Å². The van der Waals surface area contributed by atoms with Crippen LogP contribution in [0.3, 0.4) is 0 Å². The fourth-order valence-electron chi connectivity index (χ4n) is 3.20. The van der Waals surface area contributed by atoms with E-state index in [0.29, 0.717) is 6.07 Å². The average Bonchev–Trinajstić information content (AvgIpc) is 2.90. The smallest absolute Gasteiger partial charge is 0.324 e. The van der Waals surface area contributed by atoms with Gasteiger partial charge in [0.1, 0.15) is 12.2 Å². The maximum atomic E-state index is 13.4. The number of hydrogen-bond donors (Lipinski definition) is 1. The molecule has 0 fully saturated rings. The van der Waals surface area contributed by atoms with Crippen LogP contribution < -0.4 is 10.9 Å². The molecule has 0 unspecified atom stereocenters. The van der Waals surface area contributed by atoms with Crippen molar-refractivity contribution in [3.63, 3.8) is 0 Å². The molecule has 3 aromatic rings. The lowest BCUT2D eigenvalue weighted by Gasteiger charge is -2.15. The molecule has 0 aliphatic carbocycles. The standard InChI is InChI=1S/C18H14F6N4O2/c1-9-15-11(18(22,23)24)7-14(30)28(16(15)27(2)26-9)8-13(29)25-12-6-4-3-5-10(12)17(19,20)21/h3-7H,8H2,1-2H3,(H,25,29). The summed E-state index contributed by atoms with van der Waals surface area (Å²) >= 11 is 0. The number of aryl methyl sites for hydroxylation is 2. The van der Waals surface area contributed by atoms with Crippen LogP contribution in [-0.2, 0) is 30.7 Å². The number of fused-ring (bicyclic) bond motifs is 1. The lowest BCUT2D eigenvalue weighted by Crippen LogP contribution is -2.30. The summed E-state index contributed by atoms with van der Waals surface area (Å²) in [6, 6.07) is 4.55. The van der Waals surface area contributed by atoms with Gasteiger partial charge in [0.05, 0.1) is 27.9 Å². The molecule has 0 spiro atoms. The quantitative estimate of drug-likeness (QED) is 0.642. The molecule has 0 bridgehead atoms. The predicted octanol–water partition coefficient (Wildman–Crippen LogP) is 3.72. The number of pyridine rings is 1. The number of alkyl halides is 6. The summed E-state index contributed by atoms with van der Waals surface area (Å²) in [5, 5.41) is 5.57. The van der Waals surface area contributed by atoms with Crippen molar-refractivity contribution >= 4 is 22.6 Å². The van der Waals surface area contributed by atoms with E-state index in [1.807, 2.05) is 0 Å². The number of aromatic nitrogens is 3. The van der Waals surface area contributed by atoms with E-state index in [4.69, 9.17) is 0 Å². The lowest BCUT2D eigenvalue weighted by molar-refractivity contribution is -0.137. The Kier molecular flexibility index (Phi) is 5.12. The molecule has 0 radical (unpaired) electrons. The topological polar surface area (TPSA) is 68.9 Å². The number of amides is 1. The molecule has 1 aromatic carbocycles. The zero-order valence-electron chi connectivity index (χ0n) is 15.5. The van der Waals surface area contributed by atoms with Gasteiger partial charge in [0.2, 0.25) is 5.91 Å². The third kappa shape index (κ3) is 3.89. The monoisotopic (exact) mass is 432 g/mol. The second kappa shape index (κ2) is 7.18. The number of rotatable bonds is 3. The van der Waals surface area contributed by atoms with Gasteiger partial charge >= 0.3 is 12.4 Å². The number of carbonyl (C=O) groups excluding carboxylic acids is 1. The number of halogens is 6. The van der Waals surface area contributed by atoms with E-state index >= 15 is 0 Å². The fraction of sp³-hybridized carbons (Fsp3) is 0.278. The van der Waals surface area contributed by atoms with Gasteiger partial charge in [-0.15, -0.1) is 0 Å². The molecule has 0 saturated heterocycles. The Balaban J connectivity index is 2.05. The Hall–Kier alpha value is -3.31. The van der Waals surface area contributed by atoms with Gasteiger partial charge in [0.25, 0.3) is 5.56 Å². The predicted molar refractivity (Wildman–Crippen MR) is 94.8 cm³/mol. The van der Waals surface area contributed by atoms with Gasteiger partial charge in [0, 0.05) is 13.1 Å². The first-order valence-electron chi connectivity index (χ1n) is 8.41. The van der Waals surface area contributed by atoms with Gasteiger partial charge in [-0.25, -0.2) is 0 Å². The molecule has 30 heavy (non-hydrogen) atoms. The van der Waals surface area contributed by atoms with Crippen molar-refractivity contribution < 1.29 is 31.1 Å². The molecule has 12 heteroatoms. The zero-order chi connectivity index (χ0) is 22.4. The van der Waals surface area contributed by atoms with Crippen molar-refractivity contribution in [3.8, 4) is 0 Å². The summed E-state index contributed by atoms with van der Waals surface area (Å²) in [4.78, 5) is 24.7. The molecular weight excluding hydrogens is 418 g/mol. The molecule has 160 valence electrons. The number of hydrogen-bond acceptors (Lipinski definition) is 3. The van der Waals surface area contributed by atoms with Gasteiger partial charge in [-0.1, -0.05) is 12.1 Å². The van der Waals surface area contributed by atoms with Gasteiger partial charge in [-0.3, -0.25) is 18.8 Å². The molecule has 6 nitrogen and oxygen atoms in total. The van der Waals surface area contributed by atoms with Crippen LogP contribution >= 0.6 is 0 Å².